The lowest BCUT2D eigenvalue weighted by molar-refractivity contribution is 0.0645. The molecule has 2 heterocycles. The summed E-state index contributed by atoms with van der Waals surface area (Å²) in [7, 11) is 0. The molecule has 0 atom stereocenters. The Bertz CT molecular complexity index is 932. The van der Waals surface area contributed by atoms with E-state index in [1.807, 2.05) is 0 Å². The van der Waals surface area contributed by atoms with E-state index in [2.05, 4.69) is 15.4 Å². The lowest BCUT2D eigenvalue weighted by atomic mass is 10.1. The van der Waals surface area contributed by atoms with Gasteiger partial charge in [-0.1, -0.05) is 12.1 Å². The van der Waals surface area contributed by atoms with E-state index in [0.29, 0.717) is 22.5 Å². The summed E-state index contributed by atoms with van der Waals surface area (Å²) in [6, 6.07) is 12.5. The van der Waals surface area contributed by atoms with Crippen molar-refractivity contribution in [1.29, 1.82) is 0 Å². The first-order valence-electron chi connectivity index (χ1n) is 7.62. The van der Waals surface area contributed by atoms with Crippen LogP contribution in [-0.4, -0.2) is 43.5 Å². The number of aromatic nitrogens is 4. The minimum atomic E-state index is -0.346. The first-order chi connectivity index (χ1) is 12.1. The fraction of sp³-hybridized carbons (Fsp3) is 0.118. The number of benzene rings is 2. The Labute approximate surface area is 141 Å². The second kappa shape index (κ2) is 5.90. The van der Waals surface area contributed by atoms with Crippen molar-refractivity contribution >= 4 is 11.8 Å². The Balaban J connectivity index is 1.47. The molecular weight excluding hydrogens is 325 g/mol. The molecule has 0 fully saturated rings. The fourth-order valence-corrected chi connectivity index (χ4v) is 2.68. The van der Waals surface area contributed by atoms with Gasteiger partial charge in [0.1, 0.15) is 5.82 Å². The van der Waals surface area contributed by atoms with Crippen LogP contribution in [0.1, 0.15) is 20.7 Å². The average molecular weight is 337 g/mol. The van der Waals surface area contributed by atoms with Crippen molar-refractivity contribution in [2.24, 2.45) is 0 Å². The lowest BCUT2D eigenvalue weighted by Gasteiger charge is -2.12. The minimum absolute atomic E-state index is 0.144. The molecule has 0 radical (unpaired) electrons. The summed E-state index contributed by atoms with van der Waals surface area (Å²) in [5.41, 5.74) is 1.45. The van der Waals surface area contributed by atoms with Crippen LogP contribution in [0.3, 0.4) is 0 Å². The molecule has 0 unspecified atom stereocenters. The topological polar surface area (TPSA) is 81.0 Å². The van der Waals surface area contributed by atoms with E-state index in [-0.39, 0.29) is 30.7 Å². The fourth-order valence-electron chi connectivity index (χ4n) is 2.68. The Morgan fingerprint density at radius 2 is 1.52 bits per heavy atom. The lowest BCUT2D eigenvalue weighted by Crippen LogP contribution is -2.33. The minimum Gasteiger partial charge on any atom is -0.272 e. The highest BCUT2D eigenvalue weighted by molar-refractivity contribution is 6.21. The number of fused-ring (bicyclic) bond motifs is 1. The van der Waals surface area contributed by atoms with Crippen LogP contribution in [0, 0.1) is 5.82 Å². The van der Waals surface area contributed by atoms with Crippen molar-refractivity contribution in [3.8, 4) is 11.4 Å². The van der Waals surface area contributed by atoms with Crippen molar-refractivity contribution in [1.82, 2.24) is 25.1 Å². The number of hydrogen-bond donors (Lipinski definition) is 0. The third kappa shape index (κ3) is 2.67. The van der Waals surface area contributed by atoms with Crippen molar-refractivity contribution in [3.63, 3.8) is 0 Å². The van der Waals surface area contributed by atoms with E-state index in [0.717, 1.165) is 0 Å². The molecule has 124 valence electrons. The largest absolute Gasteiger partial charge is 0.272 e. The highest BCUT2D eigenvalue weighted by atomic mass is 19.1. The first-order valence-corrected chi connectivity index (χ1v) is 7.62. The molecule has 4 rings (SSSR count). The zero-order valence-corrected chi connectivity index (χ0v) is 13.0. The number of hydrogen-bond acceptors (Lipinski definition) is 5. The molecule has 0 saturated heterocycles. The number of tetrazole rings is 1. The SMILES string of the molecule is O=C1c2ccccc2C(=O)N1CCn1nnc(-c2ccc(F)cc2)n1. The van der Waals surface area contributed by atoms with Gasteiger partial charge < -0.3 is 0 Å². The summed E-state index contributed by atoms with van der Waals surface area (Å²) >= 11 is 0. The number of carbonyl (C=O) groups is 2. The molecule has 2 aromatic carbocycles. The van der Waals surface area contributed by atoms with Crippen molar-refractivity contribution in [3.05, 3.63) is 65.5 Å². The van der Waals surface area contributed by atoms with Gasteiger partial charge in [0.25, 0.3) is 11.8 Å². The maximum atomic E-state index is 13.0. The highest BCUT2D eigenvalue weighted by Gasteiger charge is 2.34. The predicted molar refractivity (Wildman–Crippen MR) is 85.0 cm³/mol. The van der Waals surface area contributed by atoms with Gasteiger partial charge in [0.05, 0.1) is 24.2 Å². The van der Waals surface area contributed by atoms with Gasteiger partial charge in [0.2, 0.25) is 5.82 Å². The molecule has 3 aromatic rings. The normalized spacial score (nSPS) is 13.4. The summed E-state index contributed by atoms with van der Waals surface area (Å²) in [5.74, 6) is -0.636. The van der Waals surface area contributed by atoms with Gasteiger partial charge >= 0.3 is 0 Å². The van der Waals surface area contributed by atoms with Crippen LogP contribution in [0.5, 0.6) is 0 Å². The van der Waals surface area contributed by atoms with Gasteiger partial charge in [-0.3, -0.25) is 14.5 Å². The summed E-state index contributed by atoms with van der Waals surface area (Å²) in [6.45, 7) is 0.366. The van der Waals surface area contributed by atoms with E-state index in [4.69, 9.17) is 0 Å². The highest BCUT2D eigenvalue weighted by Crippen LogP contribution is 2.22. The van der Waals surface area contributed by atoms with E-state index >= 15 is 0 Å². The molecule has 0 spiro atoms. The number of nitrogens with zero attached hydrogens (tertiary/aromatic N) is 5. The maximum Gasteiger partial charge on any atom is 0.261 e. The van der Waals surface area contributed by atoms with Crippen molar-refractivity contribution in [2.45, 2.75) is 6.54 Å². The van der Waals surface area contributed by atoms with Gasteiger partial charge in [-0.2, -0.15) is 4.80 Å². The Hall–Kier alpha value is -3.42. The van der Waals surface area contributed by atoms with E-state index in [9.17, 15) is 14.0 Å². The Morgan fingerprint density at radius 1 is 0.880 bits per heavy atom. The summed E-state index contributed by atoms with van der Waals surface area (Å²) in [6.07, 6.45) is 0. The van der Waals surface area contributed by atoms with Crippen LogP contribution in [0.25, 0.3) is 11.4 Å². The van der Waals surface area contributed by atoms with Crippen LogP contribution in [0.4, 0.5) is 4.39 Å². The van der Waals surface area contributed by atoms with Crippen LogP contribution < -0.4 is 0 Å². The van der Waals surface area contributed by atoms with Crippen molar-refractivity contribution < 1.29 is 14.0 Å². The van der Waals surface area contributed by atoms with Crippen LogP contribution in [0.15, 0.2) is 48.5 Å². The van der Waals surface area contributed by atoms with Gasteiger partial charge in [-0.25, -0.2) is 4.39 Å². The monoisotopic (exact) mass is 337 g/mol. The summed E-state index contributed by atoms with van der Waals surface area (Å²) in [5, 5.41) is 12.0. The first kappa shape index (κ1) is 15.1. The number of imide groups is 1. The van der Waals surface area contributed by atoms with Crippen LogP contribution in [0.2, 0.25) is 0 Å². The summed E-state index contributed by atoms with van der Waals surface area (Å²) in [4.78, 5) is 27.1. The smallest absolute Gasteiger partial charge is 0.261 e. The molecule has 1 aromatic heterocycles. The third-order valence-electron chi connectivity index (χ3n) is 3.96. The maximum absolute atomic E-state index is 13.0. The van der Waals surface area contributed by atoms with Gasteiger partial charge in [-0.05, 0) is 41.6 Å². The van der Waals surface area contributed by atoms with Crippen molar-refractivity contribution in [2.75, 3.05) is 6.54 Å². The van der Waals surface area contributed by atoms with E-state index < -0.39 is 0 Å². The second-order valence-corrected chi connectivity index (χ2v) is 5.52. The molecule has 1 aliphatic rings. The molecule has 0 aliphatic carbocycles. The quantitative estimate of drug-likeness (QED) is 0.678. The van der Waals surface area contributed by atoms with Gasteiger partial charge in [-0.15, -0.1) is 10.2 Å². The van der Waals surface area contributed by atoms with Crippen LogP contribution in [-0.2, 0) is 6.54 Å². The molecule has 0 bridgehead atoms. The van der Waals surface area contributed by atoms with Gasteiger partial charge in [0.15, 0.2) is 0 Å². The average Bonchev–Trinajstić information content (AvgIpc) is 3.19. The third-order valence-corrected chi connectivity index (χ3v) is 3.96. The zero-order chi connectivity index (χ0) is 17.4. The molecule has 8 heteroatoms. The Morgan fingerprint density at radius 3 is 2.16 bits per heavy atom. The molecule has 7 nitrogen and oxygen atoms in total. The number of amides is 2. The number of rotatable bonds is 4. The molecule has 0 N–H and O–H groups in total. The standard InChI is InChI=1S/C17H12FN5O2/c18-12-7-5-11(6-8-12)15-19-21-23(20-15)10-9-22-16(24)13-3-1-2-4-14(13)17(22)25/h1-8H,9-10H2. The molecule has 25 heavy (non-hydrogen) atoms. The van der Waals surface area contributed by atoms with E-state index in [1.165, 1.54) is 21.8 Å². The predicted octanol–water partition coefficient (Wildman–Crippen LogP) is 1.78. The van der Waals surface area contributed by atoms with Gasteiger partial charge in [0, 0.05) is 5.56 Å². The number of carbonyl (C=O) groups excluding carboxylic acids is 2. The van der Waals surface area contributed by atoms with Crippen LogP contribution >= 0.6 is 0 Å². The second-order valence-electron chi connectivity index (χ2n) is 5.52. The molecule has 2 amide bonds. The molecular formula is C17H12FN5O2. The zero-order valence-electron chi connectivity index (χ0n) is 13.0. The molecule has 0 saturated carbocycles. The number of halogens is 1. The summed E-state index contributed by atoms with van der Waals surface area (Å²) < 4.78 is 13.0. The molecule has 1 aliphatic heterocycles. The van der Waals surface area contributed by atoms with E-state index in [1.54, 1.807) is 36.4 Å². The Kier molecular flexibility index (Phi) is 3.57.